The monoisotopic (exact) mass is 366 g/mol. The highest BCUT2D eigenvalue weighted by Gasteiger charge is 2.28. The average Bonchev–Trinajstić information content (AvgIpc) is 3.17. The highest BCUT2D eigenvalue weighted by Crippen LogP contribution is 2.33. The lowest BCUT2D eigenvalue weighted by molar-refractivity contribution is -0.121. The Kier molecular flexibility index (Phi) is 4.71. The number of piperidine rings is 1. The molecule has 6 heteroatoms. The number of carbonyl (C=O) groups is 2. The van der Waals surface area contributed by atoms with Crippen molar-refractivity contribution >= 4 is 17.5 Å². The molecule has 6 nitrogen and oxygen atoms in total. The van der Waals surface area contributed by atoms with E-state index in [2.05, 4.69) is 5.32 Å². The van der Waals surface area contributed by atoms with Gasteiger partial charge in [-0.3, -0.25) is 9.59 Å². The molecule has 0 saturated carbocycles. The lowest BCUT2D eigenvalue weighted by Crippen LogP contribution is -2.41. The van der Waals surface area contributed by atoms with E-state index in [4.69, 9.17) is 9.47 Å². The molecule has 0 aromatic heterocycles. The quantitative estimate of drug-likeness (QED) is 0.906. The van der Waals surface area contributed by atoms with E-state index in [1.54, 1.807) is 23.1 Å². The molecule has 4 rings (SSSR count). The summed E-state index contributed by atoms with van der Waals surface area (Å²) in [5.74, 6) is 1.18. The summed E-state index contributed by atoms with van der Waals surface area (Å²) in [7, 11) is 0. The number of anilines is 1. The maximum Gasteiger partial charge on any atom is 0.253 e. The van der Waals surface area contributed by atoms with Gasteiger partial charge in [0.1, 0.15) is 0 Å². The van der Waals surface area contributed by atoms with Crippen LogP contribution in [0.4, 0.5) is 5.69 Å². The predicted molar refractivity (Wildman–Crippen MR) is 101 cm³/mol. The van der Waals surface area contributed by atoms with Crippen LogP contribution in [0.15, 0.2) is 42.5 Å². The summed E-state index contributed by atoms with van der Waals surface area (Å²) < 4.78 is 10.6. The van der Waals surface area contributed by atoms with Gasteiger partial charge in [-0.15, -0.1) is 0 Å². The number of fused-ring (bicyclic) bond motifs is 1. The van der Waals surface area contributed by atoms with Gasteiger partial charge in [0.2, 0.25) is 12.7 Å². The van der Waals surface area contributed by atoms with Crippen molar-refractivity contribution in [3.05, 3.63) is 53.6 Å². The third-order valence-corrected chi connectivity index (χ3v) is 5.09. The van der Waals surface area contributed by atoms with Crippen molar-refractivity contribution in [1.29, 1.82) is 0 Å². The Balaban J connectivity index is 1.33. The van der Waals surface area contributed by atoms with Crippen molar-refractivity contribution in [1.82, 2.24) is 4.90 Å². The predicted octanol–water partition coefficient (Wildman–Crippen LogP) is 3.21. The first-order chi connectivity index (χ1) is 13.1. The zero-order chi connectivity index (χ0) is 18.8. The van der Waals surface area contributed by atoms with Gasteiger partial charge in [0.15, 0.2) is 11.5 Å². The van der Waals surface area contributed by atoms with E-state index in [1.807, 2.05) is 31.2 Å². The van der Waals surface area contributed by atoms with Crippen molar-refractivity contribution in [2.45, 2.75) is 19.8 Å². The first-order valence-corrected chi connectivity index (χ1v) is 9.16. The van der Waals surface area contributed by atoms with Gasteiger partial charge in [-0.05, 0) is 50.1 Å². The topological polar surface area (TPSA) is 67.9 Å². The molecule has 140 valence electrons. The molecule has 2 aliphatic heterocycles. The van der Waals surface area contributed by atoms with Crippen LogP contribution in [0.25, 0.3) is 0 Å². The largest absolute Gasteiger partial charge is 0.454 e. The second-order valence-corrected chi connectivity index (χ2v) is 6.99. The minimum Gasteiger partial charge on any atom is -0.454 e. The Labute approximate surface area is 158 Å². The number of likely N-dealkylation sites (tertiary alicyclic amines) is 1. The smallest absolute Gasteiger partial charge is 0.253 e. The Bertz CT molecular complexity index is 855. The van der Waals surface area contributed by atoms with Gasteiger partial charge in [0, 0.05) is 30.3 Å². The van der Waals surface area contributed by atoms with Gasteiger partial charge in [-0.25, -0.2) is 0 Å². The maximum absolute atomic E-state index is 12.7. The van der Waals surface area contributed by atoms with Crippen LogP contribution >= 0.6 is 0 Å². The van der Waals surface area contributed by atoms with Crippen molar-refractivity contribution in [3.63, 3.8) is 0 Å². The number of ether oxygens (including phenoxy) is 2. The standard InChI is InChI=1S/C21H22N2O4/c1-14-2-5-17(6-3-14)22-20(24)15-8-10-23(11-9-15)21(25)16-4-7-18-19(12-16)27-13-26-18/h2-7,12,15H,8-11,13H2,1H3,(H,22,24). The number of benzene rings is 2. The zero-order valence-corrected chi connectivity index (χ0v) is 15.2. The third kappa shape index (κ3) is 3.74. The van der Waals surface area contributed by atoms with Gasteiger partial charge in [0.05, 0.1) is 0 Å². The minimum atomic E-state index is -0.0768. The van der Waals surface area contributed by atoms with Gasteiger partial charge in [-0.2, -0.15) is 0 Å². The average molecular weight is 366 g/mol. The Morgan fingerprint density at radius 2 is 1.70 bits per heavy atom. The van der Waals surface area contributed by atoms with E-state index < -0.39 is 0 Å². The number of nitrogens with zero attached hydrogens (tertiary/aromatic N) is 1. The van der Waals surface area contributed by atoms with Crippen molar-refractivity contribution in [2.75, 3.05) is 25.2 Å². The van der Waals surface area contributed by atoms with Crippen LogP contribution < -0.4 is 14.8 Å². The number of amides is 2. The van der Waals surface area contributed by atoms with Crippen LogP contribution in [0, 0.1) is 12.8 Å². The molecule has 2 aromatic rings. The number of aryl methyl sites for hydroxylation is 1. The summed E-state index contributed by atoms with van der Waals surface area (Å²) in [5.41, 5.74) is 2.55. The van der Waals surface area contributed by atoms with E-state index >= 15 is 0 Å². The molecular formula is C21H22N2O4. The summed E-state index contributed by atoms with van der Waals surface area (Å²) in [6, 6.07) is 13.0. The maximum atomic E-state index is 12.7. The van der Waals surface area contributed by atoms with E-state index in [0.717, 1.165) is 11.3 Å². The zero-order valence-electron chi connectivity index (χ0n) is 15.2. The number of hydrogen-bond donors (Lipinski definition) is 1. The van der Waals surface area contributed by atoms with Gasteiger partial charge in [0.25, 0.3) is 5.91 Å². The van der Waals surface area contributed by atoms with E-state index in [0.29, 0.717) is 43.0 Å². The molecule has 0 atom stereocenters. The van der Waals surface area contributed by atoms with E-state index in [1.165, 1.54) is 0 Å². The number of rotatable bonds is 3. The van der Waals surface area contributed by atoms with Gasteiger partial charge >= 0.3 is 0 Å². The molecule has 1 saturated heterocycles. The highest BCUT2D eigenvalue weighted by atomic mass is 16.7. The fourth-order valence-corrected chi connectivity index (χ4v) is 3.44. The second-order valence-electron chi connectivity index (χ2n) is 6.99. The van der Waals surface area contributed by atoms with Gasteiger partial charge < -0.3 is 19.7 Å². The highest BCUT2D eigenvalue weighted by molar-refractivity contribution is 5.96. The van der Waals surface area contributed by atoms with Crippen LogP contribution in [-0.4, -0.2) is 36.6 Å². The molecular weight excluding hydrogens is 344 g/mol. The number of nitrogens with one attached hydrogen (secondary N) is 1. The molecule has 2 heterocycles. The normalized spacial score (nSPS) is 16.3. The summed E-state index contributed by atoms with van der Waals surface area (Å²) in [6.07, 6.45) is 1.32. The van der Waals surface area contributed by atoms with Gasteiger partial charge in [-0.1, -0.05) is 17.7 Å². The minimum absolute atomic E-state index is 0.0223. The van der Waals surface area contributed by atoms with Crippen LogP contribution in [0.1, 0.15) is 28.8 Å². The molecule has 0 radical (unpaired) electrons. The first-order valence-electron chi connectivity index (χ1n) is 9.16. The summed E-state index contributed by atoms with van der Waals surface area (Å²) in [6.45, 7) is 3.34. The number of carbonyl (C=O) groups excluding carboxylic acids is 2. The molecule has 2 aliphatic rings. The second kappa shape index (κ2) is 7.31. The SMILES string of the molecule is Cc1ccc(NC(=O)C2CCN(C(=O)c3ccc4c(c3)OCO4)CC2)cc1. The van der Waals surface area contributed by atoms with Crippen molar-refractivity contribution in [2.24, 2.45) is 5.92 Å². The van der Waals surface area contributed by atoms with Crippen LogP contribution in [0.3, 0.4) is 0 Å². The molecule has 0 unspecified atom stereocenters. The lowest BCUT2D eigenvalue weighted by Gasteiger charge is -2.31. The molecule has 1 fully saturated rings. The van der Waals surface area contributed by atoms with Crippen LogP contribution in [-0.2, 0) is 4.79 Å². The Morgan fingerprint density at radius 3 is 2.44 bits per heavy atom. The van der Waals surface area contributed by atoms with E-state index in [9.17, 15) is 9.59 Å². The number of hydrogen-bond acceptors (Lipinski definition) is 4. The first kappa shape index (κ1) is 17.4. The molecule has 0 spiro atoms. The van der Waals surface area contributed by atoms with Crippen LogP contribution in [0.5, 0.6) is 11.5 Å². The molecule has 0 bridgehead atoms. The molecule has 2 aromatic carbocycles. The van der Waals surface area contributed by atoms with Crippen molar-refractivity contribution < 1.29 is 19.1 Å². The summed E-state index contributed by atoms with van der Waals surface area (Å²) in [5, 5.41) is 2.97. The summed E-state index contributed by atoms with van der Waals surface area (Å²) >= 11 is 0. The Hall–Kier alpha value is -3.02. The summed E-state index contributed by atoms with van der Waals surface area (Å²) in [4.78, 5) is 27.0. The molecule has 0 aliphatic carbocycles. The molecule has 2 amide bonds. The molecule has 1 N–H and O–H groups in total. The van der Waals surface area contributed by atoms with E-state index in [-0.39, 0.29) is 24.5 Å². The lowest BCUT2D eigenvalue weighted by atomic mass is 9.95. The molecule has 27 heavy (non-hydrogen) atoms. The van der Waals surface area contributed by atoms with Crippen molar-refractivity contribution in [3.8, 4) is 11.5 Å². The fraction of sp³-hybridized carbons (Fsp3) is 0.333. The third-order valence-electron chi connectivity index (χ3n) is 5.09. The van der Waals surface area contributed by atoms with Crippen LogP contribution in [0.2, 0.25) is 0 Å². The fourth-order valence-electron chi connectivity index (χ4n) is 3.44. The Morgan fingerprint density at radius 1 is 1.00 bits per heavy atom.